The molecule has 254 valence electrons. The molecule has 0 unspecified atom stereocenters. The van der Waals surface area contributed by atoms with Crippen LogP contribution in [0.3, 0.4) is 0 Å². The maximum atomic E-state index is 14.3. The lowest BCUT2D eigenvalue weighted by Gasteiger charge is -2.34. The normalized spacial score (nSPS) is 25.4. The number of nitrogens with one attached hydrogen (secondary N) is 3. The Labute approximate surface area is 275 Å². The monoisotopic (exact) mass is 649 g/mol. The molecule has 47 heavy (non-hydrogen) atoms. The molecule has 0 bridgehead atoms. The summed E-state index contributed by atoms with van der Waals surface area (Å²) in [5, 5.41) is 28.3. The van der Waals surface area contributed by atoms with E-state index in [0.29, 0.717) is 36.9 Å². The average Bonchev–Trinajstić information content (AvgIpc) is 3.54. The van der Waals surface area contributed by atoms with Gasteiger partial charge in [-0.3, -0.25) is 24.0 Å². The van der Waals surface area contributed by atoms with Crippen LogP contribution in [0.5, 0.6) is 11.5 Å². The summed E-state index contributed by atoms with van der Waals surface area (Å²) in [6.07, 6.45) is 1.65. The Morgan fingerprint density at radius 3 is 1.85 bits per heavy atom. The zero-order valence-electron chi connectivity index (χ0n) is 27.7. The van der Waals surface area contributed by atoms with Crippen LogP contribution in [0.2, 0.25) is 0 Å². The van der Waals surface area contributed by atoms with Crippen molar-refractivity contribution in [2.75, 3.05) is 13.6 Å². The van der Waals surface area contributed by atoms with Gasteiger partial charge >= 0.3 is 0 Å². The predicted molar refractivity (Wildman–Crippen MR) is 175 cm³/mol. The third-order valence-corrected chi connectivity index (χ3v) is 9.34. The molecule has 0 radical (unpaired) electrons. The van der Waals surface area contributed by atoms with Gasteiger partial charge in [0.25, 0.3) is 0 Å². The summed E-state index contributed by atoms with van der Waals surface area (Å²) < 4.78 is 0. The number of carbonyl (C=O) groups is 5. The van der Waals surface area contributed by atoms with Gasteiger partial charge in [0.05, 0.1) is 0 Å². The smallest absolute Gasteiger partial charge is 0.246 e. The quantitative estimate of drug-likeness (QED) is 0.305. The average molecular weight is 650 g/mol. The van der Waals surface area contributed by atoms with E-state index in [9.17, 15) is 34.2 Å². The molecule has 12 heteroatoms. The van der Waals surface area contributed by atoms with Gasteiger partial charge in [-0.2, -0.15) is 0 Å². The van der Waals surface area contributed by atoms with Crippen LogP contribution in [0.25, 0.3) is 0 Å². The molecule has 0 spiro atoms. The standard InChI is InChI=1S/C35H47N5O7/c1-6-21(4)30-35(47)39(5)28(19-23-11-15-25(42)16-12-23)32(44)36-26(18-22-9-13-24(41)14-10-22)34(46)40-17-7-8-27(40)31(43)37-29(20(2)3)33(45)38-30/h9-16,20-21,26-30,41-42H,6-8,17-19H2,1-5H3,(H,36,44)(H,37,43)(H,38,45)/t21-,26-,27-,28+,29-,30+/m1/s1. The Morgan fingerprint density at radius 2 is 1.30 bits per heavy atom. The number of benzene rings is 2. The summed E-state index contributed by atoms with van der Waals surface area (Å²) in [4.78, 5) is 72.9. The molecule has 12 nitrogen and oxygen atoms in total. The van der Waals surface area contributed by atoms with Crippen molar-refractivity contribution in [3.05, 3.63) is 59.7 Å². The largest absolute Gasteiger partial charge is 0.508 e. The fourth-order valence-electron chi connectivity index (χ4n) is 6.18. The van der Waals surface area contributed by atoms with Gasteiger partial charge in [-0.1, -0.05) is 58.4 Å². The SMILES string of the molecule is CC[C@@H](C)[C@@H]1NC(=O)[C@@H](C(C)C)NC(=O)[C@H]2CCCN2C(=O)[C@@H](Cc2ccc(O)cc2)NC(=O)[C@H](Cc2ccc(O)cc2)N(C)C1=O. The molecule has 2 aliphatic heterocycles. The molecule has 0 aliphatic carbocycles. The Kier molecular flexibility index (Phi) is 11.5. The Hall–Kier alpha value is -4.61. The minimum absolute atomic E-state index is 0.0480. The van der Waals surface area contributed by atoms with E-state index < -0.39 is 59.7 Å². The molecule has 5 amide bonds. The highest BCUT2D eigenvalue weighted by Gasteiger charge is 2.42. The summed E-state index contributed by atoms with van der Waals surface area (Å²) in [5.41, 5.74) is 1.34. The number of hydrogen-bond acceptors (Lipinski definition) is 7. The summed E-state index contributed by atoms with van der Waals surface area (Å²) >= 11 is 0. The van der Waals surface area contributed by atoms with Crippen LogP contribution in [-0.2, 0) is 36.8 Å². The second-order valence-electron chi connectivity index (χ2n) is 13.1. The molecule has 2 saturated heterocycles. The highest BCUT2D eigenvalue weighted by atomic mass is 16.3. The molecule has 5 N–H and O–H groups in total. The fourth-order valence-corrected chi connectivity index (χ4v) is 6.18. The minimum Gasteiger partial charge on any atom is -0.508 e. The predicted octanol–water partition coefficient (Wildman–Crippen LogP) is 1.87. The molecule has 6 atom stereocenters. The molecule has 2 aromatic rings. The van der Waals surface area contributed by atoms with Crippen molar-refractivity contribution in [3.8, 4) is 11.5 Å². The van der Waals surface area contributed by atoms with Crippen molar-refractivity contribution in [1.29, 1.82) is 0 Å². The highest BCUT2D eigenvalue weighted by molar-refractivity contribution is 5.98. The molecule has 4 rings (SSSR count). The van der Waals surface area contributed by atoms with E-state index >= 15 is 0 Å². The second kappa shape index (κ2) is 15.3. The minimum atomic E-state index is -1.09. The first-order chi connectivity index (χ1) is 22.3. The molecular formula is C35H47N5O7. The number of rotatable bonds is 7. The Morgan fingerprint density at radius 1 is 0.745 bits per heavy atom. The Balaban J connectivity index is 1.81. The van der Waals surface area contributed by atoms with Gasteiger partial charge in [-0.05, 0) is 60.1 Å². The van der Waals surface area contributed by atoms with Crippen LogP contribution >= 0.6 is 0 Å². The summed E-state index contributed by atoms with van der Waals surface area (Å²) in [6, 6.07) is 7.60. The molecule has 2 aliphatic rings. The van der Waals surface area contributed by atoms with Crippen molar-refractivity contribution in [2.24, 2.45) is 11.8 Å². The second-order valence-corrected chi connectivity index (χ2v) is 13.1. The van der Waals surface area contributed by atoms with Crippen LogP contribution < -0.4 is 16.0 Å². The Bertz CT molecular complexity index is 1450. The number of hydrogen-bond donors (Lipinski definition) is 5. The topological polar surface area (TPSA) is 168 Å². The maximum absolute atomic E-state index is 14.3. The van der Waals surface area contributed by atoms with E-state index in [0.717, 1.165) is 0 Å². The third kappa shape index (κ3) is 8.41. The lowest BCUT2D eigenvalue weighted by molar-refractivity contribution is -0.144. The van der Waals surface area contributed by atoms with Crippen LogP contribution in [0.4, 0.5) is 0 Å². The van der Waals surface area contributed by atoms with E-state index in [4.69, 9.17) is 0 Å². The number of aromatic hydroxyl groups is 2. The summed E-state index contributed by atoms with van der Waals surface area (Å²) in [7, 11) is 1.50. The van der Waals surface area contributed by atoms with Gasteiger partial charge < -0.3 is 36.0 Å². The first-order valence-corrected chi connectivity index (χ1v) is 16.3. The first-order valence-electron chi connectivity index (χ1n) is 16.3. The number of likely N-dealkylation sites (N-methyl/N-ethyl adjacent to an activating group) is 1. The number of amides is 5. The van der Waals surface area contributed by atoms with Crippen molar-refractivity contribution >= 4 is 29.5 Å². The number of nitrogens with zero attached hydrogens (tertiary/aromatic N) is 2. The molecule has 2 aromatic carbocycles. The zero-order valence-corrected chi connectivity index (χ0v) is 27.7. The third-order valence-electron chi connectivity index (χ3n) is 9.34. The van der Waals surface area contributed by atoms with Crippen molar-refractivity contribution < 1.29 is 34.2 Å². The first kappa shape index (κ1) is 35.2. The molecule has 2 fully saturated rings. The van der Waals surface area contributed by atoms with Gasteiger partial charge in [0, 0.05) is 26.4 Å². The molecule has 0 saturated carbocycles. The molecular weight excluding hydrogens is 602 g/mol. The van der Waals surface area contributed by atoms with E-state index in [2.05, 4.69) is 16.0 Å². The van der Waals surface area contributed by atoms with Crippen LogP contribution in [-0.4, -0.2) is 93.4 Å². The van der Waals surface area contributed by atoms with Crippen LogP contribution in [0, 0.1) is 11.8 Å². The van der Waals surface area contributed by atoms with E-state index in [1.54, 1.807) is 38.1 Å². The highest BCUT2D eigenvalue weighted by Crippen LogP contribution is 2.23. The van der Waals surface area contributed by atoms with Crippen molar-refractivity contribution in [2.45, 2.75) is 90.0 Å². The molecule has 0 aromatic heterocycles. The number of carbonyl (C=O) groups excluding carboxylic acids is 5. The maximum Gasteiger partial charge on any atom is 0.246 e. The van der Waals surface area contributed by atoms with Crippen LogP contribution in [0.1, 0.15) is 58.1 Å². The van der Waals surface area contributed by atoms with Gasteiger partial charge in [-0.25, -0.2) is 0 Å². The van der Waals surface area contributed by atoms with Crippen molar-refractivity contribution in [1.82, 2.24) is 25.8 Å². The van der Waals surface area contributed by atoms with Gasteiger partial charge in [0.1, 0.15) is 41.7 Å². The lowest BCUT2D eigenvalue weighted by atomic mass is 9.94. The van der Waals surface area contributed by atoms with Gasteiger partial charge in [-0.15, -0.1) is 0 Å². The fraction of sp³-hybridized carbons (Fsp3) is 0.514. The number of phenolic OH excluding ortho intramolecular Hbond substituents is 2. The number of phenols is 2. The van der Waals surface area contributed by atoms with Crippen molar-refractivity contribution in [3.63, 3.8) is 0 Å². The van der Waals surface area contributed by atoms with Gasteiger partial charge in [0.2, 0.25) is 29.5 Å². The van der Waals surface area contributed by atoms with Gasteiger partial charge in [0.15, 0.2) is 0 Å². The van der Waals surface area contributed by atoms with E-state index in [-0.39, 0.29) is 36.2 Å². The summed E-state index contributed by atoms with van der Waals surface area (Å²) in [5.74, 6) is -3.05. The number of fused-ring (bicyclic) bond motifs is 1. The lowest BCUT2D eigenvalue weighted by Crippen LogP contribution is -2.60. The van der Waals surface area contributed by atoms with E-state index in [1.807, 2.05) is 13.8 Å². The van der Waals surface area contributed by atoms with E-state index in [1.165, 1.54) is 41.1 Å². The molecule has 2 heterocycles. The zero-order chi connectivity index (χ0) is 34.4. The van der Waals surface area contributed by atoms with Crippen LogP contribution in [0.15, 0.2) is 48.5 Å². The summed E-state index contributed by atoms with van der Waals surface area (Å²) in [6.45, 7) is 7.63.